The van der Waals surface area contributed by atoms with Gasteiger partial charge in [0.1, 0.15) is 24.9 Å². The van der Waals surface area contributed by atoms with Crippen molar-refractivity contribution in [2.24, 2.45) is 22.0 Å². The van der Waals surface area contributed by atoms with Gasteiger partial charge in [0.25, 0.3) is 0 Å². The Morgan fingerprint density at radius 1 is 0.829 bits per heavy atom. The molecular formula is C28H49NO6. The molecule has 0 bridgehead atoms. The first-order chi connectivity index (χ1) is 16.4. The third-order valence-corrected chi connectivity index (χ3v) is 8.47. The molecule has 0 aromatic rings. The lowest BCUT2D eigenvalue weighted by molar-refractivity contribution is -0.331. The summed E-state index contributed by atoms with van der Waals surface area (Å²) in [4.78, 5) is 35.0. The van der Waals surface area contributed by atoms with Crippen molar-refractivity contribution in [2.75, 3.05) is 13.2 Å². The Bertz CT molecular complexity index is 714. The molecule has 0 aromatic carbocycles. The van der Waals surface area contributed by atoms with Gasteiger partial charge in [-0.3, -0.25) is 4.89 Å². The smallest absolute Gasteiger partial charge is 0.367 e. The number of ether oxygens (including phenoxy) is 2. The lowest BCUT2D eigenvalue weighted by Crippen LogP contribution is -2.62. The lowest BCUT2D eigenvalue weighted by Gasteiger charge is -2.58. The number of hydrogen-bond donors (Lipinski definition) is 1. The van der Waals surface area contributed by atoms with E-state index in [4.69, 9.17) is 25.0 Å². The number of hydrogen-bond acceptors (Lipinski definition) is 7. The first kappa shape index (κ1) is 28.4. The summed E-state index contributed by atoms with van der Waals surface area (Å²) in [6, 6.07) is 0.0756. The Labute approximate surface area is 212 Å². The van der Waals surface area contributed by atoms with E-state index in [-0.39, 0.29) is 41.6 Å². The van der Waals surface area contributed by atoms with E-state index >= 15 is 0 Å². The van der Waals surface area contributed by atoms with Crippen LogP contribution in [-0.2, 0) is 28.8 Å². The Morgan fingerprint density at radius 2 is 1.43 bits per heavy atom. The van der Waals surface area contributed by atoms with Gasteiger partial charge in [0.2, 0.25) is 0 Å². The molecule has 3 atom stereocenters. The monoisotopic (exact) mass is 495 g/mol. The summed E-state index contributed by atoms with van der Waals surface area (Å²) in [6.07, 6.45) is 14.3. The zero-order chi connectivity index (χ0) is 25.7. The van der Waals surface area contributed by atoms with Crippen LogP contribution >= 0.6 is 0 Å². The van der Waals surface area contributed by atoms with Gasteiger partial charge < -0.3 is 15.2 Å². The molecule has 0 amide bonds. The highest BCUT2D eigenvalue weighted by molar-refractivity contribution is 5.73. The highest BCUT2D eigenvalue weighted by Crippen LogP contribution is 2.58. The van der Waals surface area contributed by atoms with Gasteiger partial charge in [-0.15, -0.1) is 0 Å². The van der Waals surface area contributed by atoms with E-state index in [2.05, 4.69) is 20.8 Å². The van der Waals surface area contributed by atoms with Crippen molar-refractivity contribution in [3.63, 3.8) is 0 Å². The van der Waals surface area contributed by atoms with Crippen LogP contribution in [0.25, 0.3) is 0 Å². The van der Waals surface area contributed by atoms with Crippen LogP contribution in [-0.4, -0.2) is 42.9 Å². The van der Waals surface area contributed by atoms with Crippen LogP contribution in [0.4, 0.5) is 0 Å². The lowest BCUT2D eigenvalue weighted by atomic mass is 9.50. The summed E-state index contributed by atoms with van der Waals surface area (Å²) in [5.41, 5.74) is 6.56. The summed E-state index contributed by atoms with van der Waals surface area (Å²) in [6.45, 7) is 9.39. The molecule has 3 aliphatic rings. The maximum absolute atomic E-state index is 12.7. The van der Waals surface area contributed by atoms with Gasteiger partial charge in [-0.2, -0.15) is 4.89 Å². The SMILES string of the molecule is CC(C)(C)CC(C)(C)OOC(=O)COCC(=O)OC1CCCCC12CCCC1(CCCCC1)C2N. The van der Waals surface area contributed by atoms with Crippen molar-refractivity contribution in [1.29, 1.82) is 0 Å². The third kappa shape index (κ3) is 7.42. The van der Waals surface area contributed by atoms with E-state index < -0.39 is 17.5 Å². The minimum absolute atomic E-state index is 0.0319. The topological polar surface area (TPSA) is 97.1 Å². The van der Waals surface area contributed by atoms with Gasteiger partial charge >= 0.3 is 11.9 Å². The van der Waals surface area contributed by atoms with E-state index in [0.29, 0.717) is 6.42 Å². The second-order valence-electron chi connectivity index (χ2n) is 13.2. The Kier molecular flexibility index (Phi) is 9.31. The van der Waals surface area contributed by atoms with Gasteiger partial charge in [-0.05, 0) is 76.0 Å². The molecule has 202 valence electrons. The molecule has 3 fully saturated rings. The molecule has 3 rings (SSSR count). The summed E-state index contributed by atoms with van der Waals surface area (Å²) < 4.78 is 11.3. The Morgan fingerprint density at radius 3 is 2.11 bits per heavy atom. The predicted octanol–water partition coefficient (Wildman–Crippen LogP) is 5.63. The molecule has 2 spiro atoms. The second kappa shape index (κ2) is 11.5. The summed E-state index contributed by atoms with van der Waals surface area (Å²) in [7, 11) is 0. The van der Waals surface area contributed by atoms with Crippen molar-refractivity contribution >= 4 is 11.9 Å². The van der Waals surface area contributed by atoms with E-state index in [9.17, 15) is 9.59 Å². The highest BCUT2D eigenvalue weighted by Gasteiger charge is 2.56. The average Bonchev–Trinajstić information content (AvgIpc) is 2.77. The minimum atomic E-state index is -0.664. The zero-order valence-electron chi connectivity index (χ0n) is 22.8. The number of carbonyl (C=O) groups is 2. The number of esters is 1. The molecule has 7 heteroatoms. The molecule has 3 unspecified atom stereocenters. The maximum atomic E-state index is 12.7. The molecule has 0 saturated heterocycles. The first-order valence-corrected chi connectivity index (χ1v) is 13.8. The van der Waals surface area contributed by atoms with Gasteiger partial charge in [0.15, 0.2) is 0 Å². The van der Waals surface area contributed by atoms with E-state index in [1.54, 1.807) is 0 Å². The molecule has 7 nitrogen and oxygen atoms in total. The normalized spacial score (nSPS) is 29.2. The minimum Gasteiger partial charge on any atom is -0.460 e. The van der Waals surface area contributed by atoms with E-state index in [1.807, 2.05) is 13.8 Å². The molecule has 0 aromatic heterocycles. The van der Waals surface area contributed by atoms with Crippen LogP contribution in [0, 0.1) is 16.2 Å². The second-order valence-corrected chi connectivity index (χ2v) is 13.2. The number of carbonyl (C=O) groups excluding carboxylic acids is 2. The molecule has 35 heavy (non-hydrogen) atoms. The summed E-state index contributed by atoms with van der Waals surface area (Å²) in [5.74, 6) is -1.10. The van der Waals surface area contributed by atoms with E-state index in [0.717, 1.165) is 38.5 Å². The molecule has 3 aliphatic carbocycles. The standard InChI is InChI=1S/C28H49NO6/c1-25(2,3)20-26(4,5)35-34-23(31)19-32-18-22(30)33-21-12-7-10-16-28(21)17-11-15-27(24(28)29)13-8-6-9-14-27/h21,24H,6-20,29H2,1-5H3. The van der Waals surface area contributed by atoms with Crippen LogP contribution in [0.5, 0.6) is 0 Å². The number of rotatable bonds is 8. The van der Waals surface area contributed by atoms with Crippen molar-refractivity contribution in [3.8, 4) is 0 Å². The first-order valence-electron chi connectivity index (χ1n) is 13.8. The van der Waals surface area contributed by atoms with Crippen molar-refractivity contribution in [3.05, 3.63) is 0 Å². The third-order valence-electron chi connectivity index (χ3n) is 8.47. The van der Waals surface area contributed by atoms with E-state index in [1.165, 1.54) is 38.5 Å². The Hall–Kier alpha value is -1.18. The summed E-state index contributed by atoms with van der Waals surface area (Å²) >= 11 is 0. The van der Waals surface area contributed by atoms with Crippen molar-refractivity contribution < 1.29 is 28.8 Å². The largest absolute Gasteiger partial charge is 0.460 e. The molecule has 2 N–H and O–H groups in total. The van der Waals surface area contributed by atoms with Gasteiger partial charge in [0, 0.05) is 11.5 Å². The fraction of sp³-hybridized carbons (Fsp3) is 0.929. The fourth-order valence-corrected chi connectivity index (χ4v) is 7.46. The maximum Gasteiger partial charge on any atom is 0.367 e. The quantitative estimate of drug-likeness (QED) is 0.265. The molecule has 3 saturated carbocycles. The van der Waals surface area contributed by atoms with Crippen molar-refractivity contribution in [1.82, 2.24) is 0 Å². The van der Waals surface area contributed by atoms with Gasteiger partial charge in [-0.1, -0.05) is 52.9 Å². The van der Waals surface area contributed by atoms with Gasteiger partial charge in [0.05, 0.1) is 0 Å². The van der Waals surface area contributed by atoms with Crippen LogP contribution in [0.3, 0.4) is 0 Å². The summed E-state index contributed by atoms with van der Waals surface area (Å²) in [5, 5.41) is 0. The predicted molar refractivity (Wildman–Crippen MR) is 134 cm³/mol. The fourth-order valence-electron chi connectivity index (χ4n) is 7.46. The number of nitrogens with two attached hydrogens (primary N) is 1. The van der Waals surface area contributed by atoms with Crippen LogP contribution in [0.2, 0.25) is 0 Å². The van der Waals surface area contributed by atoms with Crippen molar-refractivity contribution in [2.45, 2.75) is 136 Å². The molecule has 0 heterocycles. The van der Waals surface area contributed by atoms with Crippen LogP contribution < -0.4 is 5.73 Å². The van der Waals surface area contributed by atoms with Crippen LogP contribution in [0.15, 0.2) is 0 Å². The van der Waals surface area contributed by atoms with Crippen LogP contribution in [0.1, 0.15) is 118 Å². The molecule has 0 aliphatic heterocycles. The zero-order valence-corrected chi connectivity index (χ0v) is 22.8. The molecule has 0 radical (unpaired) electrons. The average molecular weight is 496 g/mol. The molecular weight excluding hydrogens is 446 g/mol. The highest BCUT2D eigenvalue weighted by atomic mass is 17.2. The Balaban J connectivity index is 1.48. The van der Waals surface area contributed by atoms with Gasteiger partial charge in [-0.25, -0.2) is 9.59 Å².